The van der Waals surface area contributed by atoms with Crippen LogP contribution in [0, 0.1) is 10.1 Å². The number of halogens is 1. The maximum absolute atomic E-state index is 13.4. The van der Waals surface area contributed by atoms with Crippen LogP contribution >= 0.6 is 27.7 Å². The number of hydrogen-bond donors (Lipinski definition) is 3. The number of carbonyl (C=O) groups is 3. The zero-order chi connectivity index (χ0) is 30.8. The number of amides is 3. The van der Waals surface area contributed by atoms with Gasteiger partial charge in [0.05, 0.1) is 15.9 Å². The van der Waals surface area contributed by atoms with Crippen LogP contribution in [0.3, 0.4) is 0 Å². The van der Waals surface area contributed by atoms with Gasteiger partial charge < -0.3 is 16.0 Å². The second kappa shape index (κ2) is 14.9. The number of nitro benzene ring substituents is 1. The molecule has 1 unspecified atom stereocenters. The Morgan fingerprint density at radius 3 is 2.28 bits per heavy atom. The van der Waals surface area contributed by atoms with Crippen molar-refractivity contribution in [1.82, 2.24) is 5.32 Å². The number of nitrogens with one attached hydrogen (secondary N) is 3. The summed E-state index contributed by atoms with van der Waals surface area (Å²) < 4.78 is 0.782. The third-order valence-corrected chi connectivity index (χ3v) is 8.16. The summed E-state index contributed by atoms with van der Waals surface area (Å²) in [6.07, 6.45) is 2.02. The Kier molecular flexibility index (Phi) is 10.8. The van der Waals surface area contributed by atoms with E-state index in [2.05, 4.69) is 31.9 Å². The van der Waals surface area contributed by atoms with Crippen molar-refractivity contribution in [3.05, 3.63) is 135 Å². The monoisotopic (exact) mass is 658 g/mol. The molecule has 4 aromatic carbocycles. The standard InChI is InChI=1S/C32H27BrN4O5S/c1-2-29(32(40)35-27-14-7-6-13-26(27)33)43-25-12-8-11-23(20-25)34-31(39)28(36-30(38)22-9-4-3-5-10-22)19-21-15-17-24(18-16-21)37(41)42/h3-20,29H,2H2,1H3,(H,34,39)(H,35,40)(H,36,38)/b28-19+. The van der Waals surface area contributed by atoms with Crippen LogP contribution in [0.4, 0.5) is 17.1 Å². The quantitative estimate of drug-likeness (QED) is 0.0672. The van der Waals surface area contributed by atoms with Crippen molar-refractivity contribution in [2.75, 3.05) is 10.6 Å². The summed E-state index contributed by atoms with van der Waals surface area (Å²) in [4.78, 5) is 50.6. The first-order chi connectivity index (χ1) is 20.7. The molecule has 0 aliphatic carbocycles. The minimum Gasteiger partial charge on any atom is -0.324 e. The van der Waals surface area contributed by atoms with Gasteiger partial charge in [-0.05, 0) is 88.6 Å². The first-order valence-corrected chi connectivity index (χ1v) is 14.9. The molecule has 11 heteroatoms. The number of nitro groups is 1. The van der Waals surface area contributed by atoms with Crippen LogP contribution in [0.2, 0.25) is 0 Å². The maximum atomic E-state index is 13.4. The lowest BCUT2D eigenvalue weighted by Gasteiger charge is -2.16. The summed E-state index contributed by atoms with van der Waals surface area (Å²) >= 11 is 4.81. The fourth-order valence-corrected chi connectivity index (χ4v) is 5.31. The highest BCUT2D eigenvalue weighted by Gasteiger charge is 2.20. The molecule has 0 saturated carbocycles. The number of rotatable bonds is 11. The molecule has 0 aromatic heterocycles. The fraction of sp³-hybridized carbons (Fsp3) is 0.0938. The summed E-state index contributed by atoms with van der Waals surface area (Å²) in [6, 6.07) is 28.5. The van der Waals surface area contributed by atoms with E-state index in [9.17, 15) is 24.5 Å². The van der Waals surface area contributed by atoms with Crippen LogP contribution in [-0.2, 0) is 9.59 Å². The van der Waals surface area contributed by atoms with Crippen molar-refractivity contribution in [3.63, 3.8) is 0 Å². The predicted octanol–water partition coefficient (Wildman–Crippen LogP) is 7.28. The fourth-order valence-electron chi connectivity index (χ4n) is 3.91. The number of para-hydroxylation sites is 1. The molecule has 0 aliphatic heterocycles. The molecule has 4 rings (SSSR count). The van der Waals surface area contributed by atoms with Gasteiger partial charge in [0, 0.05) is 32.8 Å². The number of carbonyl (C=O) groups excluding carboxylic acids is 3. The van der Waals surface area contributed by atoms with E-state index in [4.69, 9.17) is 0 Å². The molecule has 0 radical (unpaired) electrons. The van der Waals surface area contributed by atoms with Gasteiger partial charge in [-0.15, -0.1) is 11.8 Å². The van der Waals surface area contributed by atoms with E-state index in [1.165, 1.54) is 42.1 Å². The molecule has 0 heterocycles. The molecule has 0 fully saturated rings. The molecule has 1 atom stereocenters. The minimum absolute atomic E-state index is 0.0555. The molecule has 218 valence electrons. The van der Waals surface area contributed by atoms with Crippen LogP contribution in [0.15, 0.2) is 118 Å². The number of non-ortho nitro benzene ring substituents is 1. The van der Waals surface area contributed by atoms with E-state index in [1.54, 1.807) is 48.5 Å². The molecule has 43 heavy (non-hydrogen) atoms. The number of thioether (sulfide) groups is 1. The average molecular weight is 660 g/mol. The van der Waals surface area contributed by atoms with Crippen molar-refractivity contribution in [2.24, 2.45) is 0 Å². The Labute approximate surface area is 261 Å². The second-order valence-electron chi connectivity index (χ2n) is 9.19. The van der Waals surface area contributed by atoms with Crippen LogP contribution in [0.25, 0.3) is 6.08 Å². The van der Waals surface area contributed by atoms with Gasteiger partial charge in [0.1, 0.15) is 5.70 Å². The Morgan fingerprint density at radius 1 is 0.907 bits per heavy atom. The van der Waals surface area contributed by atoms with E-state index in [0.717, 1.165) is 9.37 Å². The Balaban J connectivity index is 1.52. The Morgan fingerprint density at radius 2 is 1.60 bits per heavy atom. The topological polar surface area (TPSA) is 130 Å². The van der Waals surface area contributed by atoms with Crippen LogP contribution in [0.5, 0.6) is 0 Å². The second-order valence-corrected chi connectivity index (χ2v) is 11.3. The molecule has 0 aliphatic rings. The molecular weight excluding hydrogens is 632 g/mol. The molecule has 9 nitrogen and oxygen atoms in total. The molecule has 0 saturated heterocycles. The average Bonchev–Trinajstić information content (AvgIpc) is 3.01. The zero-order valence-corrected chi connectivity index (χ0v) is 25.4. The van der Waals surface area contributed by atoms with Gasteiger partial charge in [-0.2, -0.15) is 0 Å². The van der Waals surface area contributed by atoms with Crippen molar-refractivity contribution in [2.45, 2.75) is 23.5 Å². The van der Waals surface area contributed by atoms with Crippen molar-refractivity contribution >= 4 is 68.6 Å². The summed E-state index contributed by atoms with van der Waals surface area (Å²) in [7, 11) is 0. The number of anilines is 2. The van der Waals surface area contributed by atoms with Crippen molar-refractivity contribution < 1.29 is 19.3 Å². The predicted molar refractivity (Wildman–Crippen MR) is 173 cm³/mol. The lowest BCUT2D eigenvalue weighted by Crippen LogP contribution is -2.30. The summed E-state index contributed by atoms with van der Waals surface area (Å²) in [5.41, 5.74) is 1.82. The van der Waals surface area contributed by atoms with E-state index >= 15 is 0 Å². The normalized spacial score (nSPS) is 11.7. The molecule has 0 spiro atoms. The van der Waals surface area contributed by atoms with E-state index in [-0.39, 0.29) is 22.5 Å². The largest absolute Gasteiger partial charge is 0.324 e. The molecule has 3 N–H and O–H groups in total. The molecule has 3 amide bonds. The third-order valence-electron chi connectivity index (χ3n) is 6.11. The van der Waals surface area contributed by atoms with Gasteiger partial charge in [-0.25, -0.2) is 0 Å². The number of hydrogen-bond acceptors (Lipinski definition) is 6. The van der Waals surface area contributed by atoms with Crippen LogP contribution in [-0.4, -0.2) is 27.9 Å². The first-order valence-electron chi connectivity index (χ1n) is 13.2. The van der Waals surface area contributed by atoms with Crippen LogP contribution < -0.4 is 16.0 Å². The van der Waals surface area contributed by atoms with Crippen LogP contribution in [0.1, 0.15) is 29.3 Å². The van der Waals surface area contributed by atoms with Gasteiger partial charge in [-0.1, -0.05) is 43.3 Å². The molecule has 0 bridgehead atoms. The molecular formula is C32H27BrN4O5S. The van der Waals surface area contributed by atoms with Gasteiger partial charge in [-0.3, -0.25) is 24.5 Å². The highest BCUT2D eigenvalue weighted by Crippen LogP contribution is 2.30. The Hall–Kier alpha value is -4.74. The van der Waals surface area contributed by atoms with Crippen molar-refractivity contribution in [3.8, 4) is 0 Å². The lowest BCUT2D eigenvalue weighted by molar-refractivity contribution is -0.384. The number of nitrogens with zero attached hydrogens (tertiary/aromatic N) is 1. The van der Waals surface area contributed by atoms with E-state index in [0.29, 0.717) is 28.9 Å². The summed E-state index contributed by atoms with van der Waals surface area (Å²) in [6.45, 7) is 1.92. The summed E-state index contributed by atoms with van der Waals surface area (Å²) in [5, 5.41) is 19.1. The van der Waals surface area contributed by atoms with Gasteiger partial charge in [0.2, 0.25) is 5.91 Å². The third kappa shape index (κ3) is 8.87. The zero-order valence-electron chi connectivity index (χ0n) is 23.0. The van der Waals surface area contributed by atoms with Gasteiger partial charge in [0.15, 0.2) is 0 Å². The van der Waals surface area contributed by atoms with Gasteiger partial charge in [0.25, 0.3) is 17.5 Å². The smallest absolute Gasteiger partial charge is 0.272 e. The Bertz CT molecular complexity index is 1660. The van der Waals surface area contributed by atoms with Gasteiger partial charge >= 0.3 is 0 Å². The summed E-state index contributed by atoms with van der Waals surface area (Å²) in [5.74, 6) is -1.23. The van der Waals surface area contributed by atoms with Crippen molar-refractivity contribution in [1.29, 1.82) is 0 Å². The number of benzene rings is 4. The SMILES string of the molecule is CCC(Sc1cccc(NC(=O)/C(=C\c2ccc([N+](=O)[O-])cc2)NC(=O)c2ccccc2)c1)C(=O)Nc1ccccc1Br. The lowest BCUT2D eigenvalue weighted by atomic mass is 10.1. The highest BCUT2D eigenvalue weighted by molar-refractivity contribution is 9.10. The maximum Gasteiger partial charge on any atom is 0.272 e. The van der Waals surface area contributed by atoms with E-state index < -0.39 is 16.7 Å². The first kappa shape index (κ1) is 31.2. The molecule has 4 aromatic rings. The van der Waals surface area contributed by atoms with E-state index in [1.807, 2.05) is 37.3 Å². The highest BCUT2D eigenvalue weighted by atomic mass is 79.9. The minimum atomic E-state index is -0.594.